The maximum absolute atomic E-state index is 10.9. The maximum Gasteiger partial charge on any atom is 0.252 e. The zero-order valence-electron chi connectivity index (χ0n) is 7.82. The number of nitrogens with one attached hydrogen (secondary N) is 1. The summed E-state index contributed by atoms with van der Waals surface area (Å²) in [4.78, 5) is 13.5. The first-order valence-corrected chi connectivity index (χ1v) is 4.16. The molecule has 4 heteroatoms. The highest BCUT2D eigenvalue weighted by molar-refractivity contribution is 5.84. The smallest absolute Gasteiger partial charge is 0.252 e. The molecular weight excluding hydrogens is 180 g/mol. The Balaban J connectivity index is 0.000000461. The van der Waals surface area contributed by atoms with Gasteiger partial charge in [0.2, 0.25) is 0 Å². The lowest BCUT2D eigenvalue weighted by Gasteiger charge is -1.97. The van der Waals surface area contributed by atoms with E-state index >= 15 is 0 Å². The summed E-state index contributed by atoms with van der Waals surface area (Å²) in [5, 5.41) is 10.00. The molecule has 0 aliphatic carbocycles. The van der Waals surface area contributed by atoms with Crippen LogP contribution in [0.1, 0.15) is 0 Å². The third kappa shape index (κ3) is 1.92. The molecule has 4 nitrogen and oxygen atoms in total. The molecule has 0 aliphatic heterocycles. The van der Waals surface area contributed by atoms with Gasteiger partial charge in [-0.05, 0) is 19.2 Å². The van der Waals surface area contributed by atoms with Crippen molar-refractivity contribution in [3.8, 4) is 5.75 Å². The average Bonchev–Trinajstić information content (AvgIpc) is 2.20. The minimum absolute atomic E-state index is 0.0225. The minimum atomic E-state index is -0.286. The van der Waals surface area contributed by atoms with Gasteiger partial charge in [-0.2, -0.15) is 0 Å². The fourth-order valence-electron chi connectivity index (χ4n) is 1.19. The SMILES string of the molecule is CN.O=c1cc(O)c2ccccc2[nH]1. The van der Waals surface area contributed by atoms with E-state index in [4.69, 9.17) is 0 Å². The van der Waals surface area contributed by atoms with Gasteiger partial charge in [-0.3, -0.25) is 4.79 Å². The third-order valence-corrected chi connectivity index (χ3v) is 1.73. The number of aromatic hydroxyl groups is 1. The predicted molar refractivity (Wildman–Crippen MR) is 56.3 cm³/mol. The molecule has 74 valence electrons. The van der Waals surface area contributed by atoms with Gasteiger partial charge in [0.15, 0.2) is 0 Å². The highest BCUT2D eigenvalue weighted by Crippen LogP contribution is 2.19. The van der Waals surface area contributed by atoms with Gasteiger partial charge in [0.05, 0.1) is 5.52 Å². The van der Waals surface area contributed by atoms with Crippen molar-refractivity contribution in [3.63, 3.8) is 0 Å². The Hall–Kier alpha value is -1.81. The van der Waals surface area contributed by atoms with Crippen molar-refractivity contribution < 1.29 is 5.11 Å². The molecule has 4 N–H and O–H groups in total. The number of aromatic amines is 1. The van der Waals surface area contributed by atoms with E-state index in [1.54, 1.807) is 24.3 Å². The van der Waals surface area contributed by atoms with E-state index in [1.807, 2.05) is 0 Å². The second-order valence-electron chi connectivity index (χ2n) is 2.56. The fourth-order valence-corrected chi connectivity index (χ4v) is 1.19. The van der Waals surface area contributed by atoms with Crippen LogP contribution in [0.3, 0.4) is 0 Å². The molecule has 0 radical (unpaired) electrons. The Kier molecular flexibility index (Phi) is 3.25. The van der Waals surface area contributed by atoms with Crippen LogP contribution in [0, 0.1) is 0 Å². The monoisotopic (exact) mass is 192 g/mol. The molecule has 0 fully saturated rings. The molecule has 0 amide bonds. The summed E-state index contributed by atoms with van der Waals surface area (Å²) in [6, 6.07) is 8.28. The van der Waals surface area contributed by atoms with Gasteiger partial charge in [0.25, 0.3) is 5.56 Å². The molecule has 0 unspecified atom stereocenters. The highest BCUT2D eigenvalue weighted by atomic mass is 16.3. The molecule has 0 saturated heterocycles. The summed E-state index contributed by atoms with van der Waals surface area (Å²) in [7, 11) is 1.50. The van der Waals surface area contributed by atoms with Crippen LogP contribution >= 0.6 is 0 Å². The largest absolute Gasteiger partial charge is 0.507 e. The average molecular weight is 192 g/mol. The fraction of sp³-hybridized carbons (Fsp3) is 0.100. The number of fused-ring (bicyclic) bond motifs is 1. The van der Waals surface area contributed by atoms with Crippen molar-refractivity contribution in [1.29, 1.82) is 0 Å². The van der Waals surface area contributed by atoms with Crippen LogP contribution in [-0.4, -0.2) is 17.1 Å². The van der Waals surface area contributed by atoms with Crippen molar-refractivity contribution in [2.24, 2.45) is 5.73 Å². The van der Waals surface area contributed by atoms with Crippen LogP contribution in [0.25, 0.3) is 10.9 Å². The summed E-state index contributed by atoms with van der Waals surface area (Å²) >= 11 is 0. The highest BCUT2D eigenvalue weighted by Gasteiger charge is 1.98. The molecule has 14 heavy (non-hydrogen) atoms. The van der Waals surface area contributed by atoms with Crippen LogP contribution in [0.5, 0.6) is 5.75 Å². The Morgan fingerprint density at radius 2 is 1.93 bits per heavy atom. The second kappa shape index (κ2) is 4.43. The molecule has 0 saturated carbocycles. The first-order valence-electron chi connectivity index (χ1n) is 4.16. The first-order chi connectivity index (χ1) is 6.77. The van der Waals surface area contributed by atoms with E-state index in [1.165, 1.54) is 13.1 Å². The topological polar surface area (TPSA) is 79.1 Å². The Labute approximate surface area is 81.0 Å². The number of H-pyrrole nitrogens is 1. The lowest BCUT2D eigenvalue weighted by Crippen LogP contribution is -2.02. The number of benzene rings is 1. The maximum atomic E-state index is 10.9. The summed E-state index contributed by atoms with van der Waals surface area (Å²) in [5.41, 5.74) is 4.87. The zero-order chi connectivity index (χ0) is 10.6. The van der Waals surface area contributed by atoms with Crippen LogP contribution < -0.4 is 11.3 Å². The first kappa shape index (κ1) is 10.3. The Morgan fingerprint density at radius 3 is 2.64 bits per heavy atom. The molecule has 2 rings (SSSR count). The van der Waals surface area contributed by atoms with Gasteiger partial charge in [-0.25, -0.2) is 0 Å². The molecule has 1 heterocycles. The summed E-state index contributed by atoms with van der Waals surface area (Å²) < 4.78 is 0. The standard InChI is InChI=1S/C9H7NO2.CH5N/c11-8-5-9(12)10-7-4-2-1-3-6(7)8;1-2/h1-5H,(H2,10,11,12);2H2,1H3. The lowest BCUT2D eigenvalue weighted by atomic mass is 10.2. The van der Waals surface area contributed by atoms with Gasteiger partial charge >= 0.3 is 0 Å². The summed E-state index contributed by atoms with van der Waals surface area (Å²) in [6.07, 6.45) is 0. The van der Waals surface area contributed by atoms with Crippen molar-refractivity contribution in [1.82, 2.24) is 4.98 Å². The van der Waals surface area contributed by atoms with E-state index < -0.39 is 0 Å². The van der Waals surface area contributed by atoms with E-state index in [0.717, 1.165) is 0 Å². The van der Waals surface area contributed by atoms with Crippen molar-refractivity contribution in [3.05, 3.63) is 40.7 Å². The van der Waals surface area contributed by atoms with Gasteiger partial charge in [0.1, 0.15) is 5.75 Å². The van der Waals surface area contributed by atoms with Gasteiger partial charge in [-0.1, -0.05) is 12.1 Å². The molecule has 1 aromatic heterocycles. The number of aromatic nitrogens is 1. The number of hydrogen-bond acceptors (Lipinski definition) is 3. The van der Waals surface area contributed by atoms with Gasteiger partial charge in [-0.15, -0.1) is 0 Å². The van der Waals surface area contributed by atoms with Crippen LogP contribution in [0.2, 0.25) is 0 Å². The number of rotatable bonds is 0. The summed E-state index contributed by atoms with van der Waals surface area (Å²) in [6.45, 7) is 0. The summed E-state index contributed by atoms with van der Waals surface area (Å²) in [5.74, 6) is 0.0225. The molecule has 0 aliphatic rings. The molecule has 0 atom stereocenters. The molecule has 1 aromatic carbocycles. The molecule has 2 aromatic rings. The van der Waals surface area contributed by atoms with E-state index in [0.29, 0.717) is 10.9 Å². The number of para-hydroxylation sites is 1. The van der Waals surface area contributed by atoms with Crippen LogP contribution in [0.15, 0.2) is 35.1 Å². The van der Waals surface area contributed by atoms with E-state index in [2.05, 4.69) is 10.7 Å². The zero-order valence-corrected chi connectivity index (χ0v) is 7.82. The predicted octanol–water partition coefficient (Wildman–Crippen LogP) is 0.809. The van der Waals surface area contributed by atoms with E-state index in [9.17, 15) is 9.90 Å². The lowest BCUT2D eigenvalue weighted by molar-refractivity contribution is 0.480. The molecule has 0 spiro atoms. The molecular formula is C10H12N2O2. The number of pyridine rings is 1. The Bertz CT molecular complexity index is 477. The second-order valence-corrected chi connectivity index (χ2v) is 2.56. The van der Waals surface area contributed by atoms with Gasteiger partial charge in [0, 0.05) is 11.5 Å². The van der Waals surface area contributed by atoms with E-state index in [-0.39, 0.29) is 11.3 Å². The van der Waals surface area contributed by atoms with Crippen molar-refractivity contribution in [2.75, 3.05) is 7.05 Å². The molecule has 0 bridgehead atoms. The quantitative estimate of drug-likeness (QED) is 0.578. The van der Waals surface area contributed by atoms with Crippen LogP contribution in [0.4, 0.5) is 0 Å². The minimum Gasteiger partial charge on any atom is -0.507 e. The number of nitrogens with two attached hydrogens (primary N) is 1. The Morgan fingerprint density at radius 1 is 1.29 bits per heavy atom. The normalized spacial score (nSPS) is 9.29. The van der Waals surface area contributed by atoms with Crippen molar-refractivity contribution in [2.45, 2.75) is 0 Å². The van der Waals surface area contributed by atoms with Crippen LogP contribution in [-0.2, 0) is 0 Å². The number of hydrogen-bond donors (Lipinski definition) is 3. The van der Waals surface area contributed by atoms with Gasteiger partial charge < -0.3 is 15.8 Å². The third-order valence-electron chi connectivity index (χ3n) is 1.73. The van der Waals surface area contributed by atoms with Crippen molar-refractivity contribution >= 4 is 10.9 Å².